The Morgan fingerprint density at radius 3 is 1.52 bits per heavy atom. The zero-order valence-corrected chi connectivity index (χ0v) is 27.7. The predicted octanol–water partition coefficient (Wildman–Crippen LogP) is 11.9. The fourth-order valence-electron chi connectivity index (χ4n) is 5.26. The van der Waals surface area contributed by atoms with Gasteiger partial charge in [-0.2, -0.15) is 0 Å². The van der Waals surface area contributed by atoms with E-state index in [0.717, 1.165) is 16.7 Å². The van der Waals surface area contributed by atoms with Gasteiger partial charge in [-0.25, -0.2) is 0 Å². The molecule has 0 aliphatic rings. The van der Waals surface area contributed by atoms with Gasteiger partial charge in [-0.3, -0.25) is 0 Å². The number of anilines is 3. The summed E-state index contributed by atoms with van der Waals surface area (Å²) in [5.74, 6) is 0. The molecule has 5 aromatic carbocycles. The molecule has 0 fully saturated rings. The topological polar surface area (TPSA) is 38.0 Å². The van der Waals surface area contributed by atoms with E-state index in [1.165, 1.54) is 11.1 Å². The molecule has 0 atom stereocenters. The lowest BCUT2D eigenvalue weighted by Crippen LogP contribution is -2.16. The van der Waals surface area contributed by atoms with E-state index < -0.39 is 0 Å². The highest BCUT2D eigenvalue weighted by Crippen LogP contribution is 2.42. The van der Waals surface area contributed by atoms with Crippen molar-refractivity contribution in [3.8, 4) is 33.4 Å². The summed E-state index contributed by atoms with van der Waals surface area (Å²) in [7, 11) is 0. The van der Waals surface area contributed by atoms with E-state index in [-0.39, 0.29) is 46.0 Å². The Morgan fingerprint density at radius 1 is 0.500 bits per heavy atom. The number of para-hydroxylation sites is 3. The third-order valence-corrected chi connectivity index (χ3v) is 8.19. The molecular formula is C42H48N2. The molecular weight excluding hydrogens is 532 g/mol. The summed E-state index contributed by atoms with van der Waals surface area (Å²) >= 11 is 0. The van der Waals surface area contributed by atoms with E-state index in [2.05, 4.69) is 85.8 Å². The molecule has 2 heteroatoms. The lowest BCUT2D eigenvalue weighted by molar-refractivity contribution is 0.569. The molecule has 3 N–H and O–H groups in total. The van der Waals surface area contributed by atoms with Gasteiger partial charge in [0.2, 0.25) is 0 Å². The number of nitrogen functional groups attached to an aromatic ring is 1. The molecule has 0 aliphatic heterocycles. The van der Waals surface area contributed by atoms with Gasteiger partial charge in [-0.1, -0.05) is 159 Å². The van der Waals surface area contributed by atoms with Gasteiger partial charge in [-0.15, -0.1) is 0 Å². The van der Waals surface area contributed by atoms with Crippen LogP contribution >= 0.6 is 0 Å². The van der Waals surface area contributed by atoms with E-state index >= 15 is 0 Å². The summed E-state index contributed by atoms with van der Waals surface area (Å²) < 4.78 is 36.9. The molecule has 226 valence electrons. The highest BCUT2D eigenvalue weighted by molar-refractivity contribution is 5.94. The van der Waals surface area contributed by atoms with Gasteiger partial charge in [-0.05, 0) is 67.3 Å². The van der Waals surface area contributed by atoms with Gasteiger partial charge in [0.15, 0.2) is 0 Å². The highest BCUT2D eigenvalue weighted by atomic mass is 14.9. The van der Waals surface area contributed by atoms with Crippen molar-refractivity contribution in [1.82, 2.24) is 0 Å². The van der Waals surface area contributed by atoms with Crippen LogP contribution in [0.3, 0.4) is 0 Å². The summed E-state index contributed by atoms with van der Waals surface area (Å²) in [5.41, 5.74) is 15.3. The zero-order valence-electron chi connectivity index (χ0n) is 31.7. The van der Waals surface area contributed by atoms with Crippen LogP contribution in [0.15, 0.2) is 109 Å². The molecule has 0 radical (unpaired) electrons. The molecule has 0 heterocycles. The Bertz CT molecular complexity index is 1930. The molecule has 0 amide bonds. The van der Waals surface area contributed by atoms with Crippen LogP contribution < -0.4 is 11.1 Å². The van der Waals surface area contributed by atoms with Gasteiger partial charge >= 0.3 is 0 Å². The van der Waals surface area contributed by atoms with Crippen LogP contribution in [0.5, 0.6) is 0 Å². The molecule has 0 spiro atoms. The second-order valence-electron chi connectivity index (χ2n) is 14.8. The maximum atomic E-state index is 9.28. The molecule has 0 bridgehead atoms. The number of nitrogens with two attached hydrogens (primary N) is 1. The summed E-state index contributed by atoms with van der Waals surface area (Å²) in [4.78, 5) is 0. The molecule has 5 aromatic rings. The average molecular weight is 585 g/mol. The first-order chi connectivity index (χ1) is 22.3. The van der Waals surface area contributed by atoms with Crippen LogP contribution in [0.4, 0.5) is 17.1 Å². The maximum absolute atomic E-state index is 9.28. The van der Waals surface area contributed by atoms with Gasteiger partial charge in [0.25, 0.3) is 0 Å². The highest BCUT2D eigenvalue weighted by Gasteiger charge is 2.23. The Morgan fingerprint density at radius 2 is 1.00 bits per heavy atom. The zero-order chi connectivity index (χ0) is 35.3. The second-order valence-corrected chi connectivity index (χ2v) is 14.8. The third-order valence-electron chi connectivity index (χ3n) is 8.19. The summed E-state index contributed by atoms with van der Waals surface area (Å²) in [6.45, 7) is 19.7. The van der Waals surface area contributed by atoms with Crippen LogP contribution in [-0.4, -0.2) is 0 Å². The molecule has 2 nitrogen and oxygen atoms in total. The molecule has 0 aliphatic carbocycles. The fourth-order valence-corrected chi connectivity index (χ4v) is 5.26. The van der Waals surface area contributed by atoms with Crippen LogP contribution in [0, 0.1) is 0 Å². The van der Waals surface area contributed by atoms with E-state index in [0.29, 0.717) is 33.8 Å². The van der Waals surface area contributed by atoms with Crippen molar-refractivity contribution in [2.45, 2.75) is 78.6 Å². The van der Waals surface area contributed by atoms with Crippen LogP contribution in [0.2, 0.25) is 0 Å². The van der Waals surface area contributed by atoms with Crippen molar-refractivity contribution < 1.29 is 5.48 Å². The summed E-state index contributed by atoms with van der Waals surface area (Å²) in [6, 6.07) is 27.5. The van der Waals surface area contributed by atoms with Crippen molar-refractivity contribution in [3.05, 3.63) is 126 Å². The van der Waals surface area contributed by atoms with E-state index in [1.807, 2.05) is 66.7 Å². The van der Waals surface area contributed by atoms with Crippen LogP contribution in [-0.2, 0) is 16.2 Å². The van der Waals surface area contributed by atoms with Gasteiger partial charge in [0, 0.05) is 11.1 Å². The van der Waals surface area contributed by atoms with Crippen molar-refractivity contribution in [3.63, 3.8) is 0 Å². The third kappa shape index (κ3) is 6.76. The van der Waals surface area contributed by atoms with E-state index in [9.17, 15) is 2.74 Å². The lowest BCUT2D eigenvalue weighted by Gasteiger charge is -2.27. The second kappa shape index (κ2) is 11.7. The SMILES string of the molecule is [2H]c1c([2H])c(-c2cccc(-c3cc(C(C)(C)C)cc(C(C)(C)C)c3)c2Nc2ccccc2N)c([2H])c([2H])c1-c1ccc(C(C)(C)C)cc1. The Balaban J connectivity index is 1.80. The van der Waals surface area contributed by atoms with E-state index in [1.54, 1.807) is 0 Å². The Hall–Kier alpha value is -4.30. The Kier molecular flexibility index (Phi) is 6.92. The first kappa shape index (κ1) is 26.1. The van der Waals surface area contributed by atoms with Gasteiger partial charge < -0.3 is 11.1 Å². The first-order valence-electron chi connectivity index (χ1n) is 17.4. The number of hydrogen-bond acceptors (Lipinski definition) is 2. The van der Waals surface area contributed by atoms with Gasteiger partial charge in [0.05, 0.1) is 22.5 Å². The van der Waals surface area contributed by atoms with Crippen molar-refractivity contribution in [2.24, 2.45) is 0 Å². The predicted molar refractivity (Wildman–Crippen MR) is 193 cm³/mol. The average Bonchev–Trinajstić information content (AvgIpc) is 3.01. The van der Waals surface area contributed by atoms with Crippen molar-refractivity contribution >= 4 is 17.1 Å². The van der Waals surface area contributed by atoms with Crippen molar-refractivity contribution in [2.75, 3.05) is 11.1 Å². The van der Waals surface area contributed by atoms with Gasteiger partial charge in [0.1, 0.15) is 0 Å². The first-order valence-corrected chi connectivity index (χ1v) is 15.4. The molecule has 44 heavy (non-hydrogen) atoms. The largest absolute Gasteiger partial charge is 0.397 e. The lowest BCUT2D eigenvalue weighted by atomic mass is 9.78. The standard InChI is InChI=1S/C42H48N2/c1-40(2,3)32-23-21-29(22-24-32)28-17-19-30(20-18-28)35-13-12-14-36(39(35)44-38-16-11-10-15-37(38)43)31-25-33(41(4,5)6)27-34(26-31)42(7,8)9/h10-27,44H,43H2,1-9H3/i17D,18D,19D,20D. The molecule has 0 saturated heterocycles. The van der Waals surface area contributed by atoms with E-state index in [4.69, 9.17) is 8.48 Å². The fraction of sp³-hybridized carbons (Fsp3) is 0.286. The van der Waals surface area contributed by atoms with Crippen LogP contribution in [0.25, 0.3) is 33.4 Å². The summed E-state index contributed by atoms with van der Waals surface area (Å²) in [5, 5.41) is 3.57. The minimum absolute atomic E-state index is 0.0479. The molecule has 0 aromatic heterocycles. The molecule has 0 unspecified atom stereocenters. The van der Waals surface area contributed by atoms with Crippen molar-refractivity contribution in [1.29, 1.82) is 0 Å². The number of hydrogen-bond donors (Lipinski definition) is 2. The normalized spacial score (nSPS) is 13.6. The monoisotopic (exact) mass is 584 g/mol. The minimum atomic E-state index is -0.102. The maximum Gasteiger partial charge on any atom is 0.0629 e. The quantitative estimate of drug-likeness (QED) is 0.202. The molecule has 0 saturated carbocycles. The smallest absolute Gasteiger partial charge is 0.0629 e. The number of nitrogens with one attached hydrogen (secondary N) is 1. The number of benzene rings is 5. The van der Waals surface area contributed by atoms with Crippen LogP contribution in [0.1, 0.15) is 84.5 Å². The Labute approximate surface area is 271 Å². The number of rotatable bonds is 5. The minimum Gasteiger partial charge on any atom is -0.397 e. The summed E-state index contributed by atoms with van der Waals surface area (Å²) in [6.07, 6.45) is 0. The molecule has 5 rings (SSSR count).